The van der Waals surface area contributed by atoms with Crippen LogP contribution < -0.4 is 4.90 Å². The Morgan fingerprint density at radius 2 is 1.89 bits per heavy atom. The van der Waals surface area contributed by atoms with E-state index in [0.717, 1.165) is 30.2 Å². The van der Waals surface area contributed by atoms with Crippen molar-refractivity contribution in [1.82, 2.24) is 9.97 Å². The Morgan fingerprint density at radius 3 is 2.44 bits per heavy atom. The highest BCUT2D eigenvalue weighted by molar-refractivity contribution is 6.30. The summed E-state index contributed by atoms with van der Waals surface area (Å²) in [6.45, 7) is 7.27. The monoisotopic (exact) mass is 267 g/mol. The molecule has 1 fully saturated rings. The van der Waals surface area contributed by atoms with Crippen LogP contribution in [0.2, 0.25) is 5.15 Å². The molecule has 0 amide bonds. The number of hydrogen-bond acceptors (Lipinski definition) is 3. The van der Waals surface area contributed by atoms with Crippen LogP contribution in [0.4, 0.5) is 5.82 Å². The van der Waals surface area contributed by atoms with Crippen molar-refractivity contribution in [3.8, 4) is 0 Å². The van der Waals surface area contributed by atoms with Crippen LogP contribution in [0.5, 0.6) is 0 Å². The summed E-state index contributed by atoms with van der Waals surface area (Å²) in [7, 11) is 0. The highest BCUT2D eigenvalue weighted by atomic mass is 35.5. The Balaban J connectivity index is 2.37. The first-order valence-corrected chi connectivity index (χ1v) is 7.34. The first-order valence-electron chi connectivity index (χ1n) is 6.97. The summed E-state index contributed by atoms with van der Waals surface area (Å²) in [6, 6.07) is 0.629. The minimum absolute atomic E-state index is 0.605. The molecule has 2 rings (SSSR count). The summed E-state index contributed by atoms with van der Waals surface area (Å²) in [5, 5.41) is 0.605. The summed E-state index contributed by atoms with van der Waals surface area (Å²) >= 11 is 6.23. The van der Waals surface area contributed by atoms with E-state index in [-0.39, 0.29) is 0 Å². The number of hydrogen-bond donors (Lipinski definition) is 0. The SMILES string of the molecule is CCc1nc(Cl)c(C)c(N(CC)C2CCCC2)n1. The summed E-state index contributed by atoms with van der Waals surface area (Å²) in [4.78, 5) is 11.4. The Hall–Kier alpha value is -0.830. The van der Waals surface area contributed by atoms with E-state index < -0.39 is 0 Å². The van der Waals surface area contributed by atoms with Crippen LogP contribution in [0.15, 0.2) is 0 Å². The smallest absolute Gasteiger partial charge is 0.137 e. The van der Waals surface area contributed by atoms with E-state index in [0.29, 0.717) is 11.2 Å². The van der Waals surface area contributed by atoms with Gasteiger partial charge < -0.3 is 4.90 Å². The minimum Gasteiger partial charge on any atom is -0.354 e. The zero-order valence-electron chi connectivity index (χ0n) is 11.5. The molecule has 0 saturated heterocycles. The molecule has 1 saturated carbocycles. The van der Waals surface area contributed by atoms with Crippen LogP contribution in [0.25, 0.3) is 0 Å². The third-order valence-corrected chi connectivity index (χ3v) is 4.17. The van der Waals surface area contributed by atoms with E-state index in [2.05, 4.69) is 23.7 Å². The molecule has 0 bridgehead atoms. The maximum absolute atomic E-state index is 6.23. The largest absolute Gasteiger partial charge is 0.354 e. The second kappa shape index (κ2) is 5.87. The third kappa shape index (κ3) is 2.61. The van der Waals surface area contributed by atoms with Crippen molar-refractivity contribution in [2.75, 3.05) is 11.4 Å². The highest BCUT2D eigenvalue weighted by Crippen LogP contribution is 2.30. The molecule has 1 aliphatic rings. The maximum Gasteiger partial charge on any atom is 0.137 e. The first-order chi connectivity index (χ1) is 8.67. The molecular formula is C14H22ClN3. The molecule has 18 heavy (non-hydrogen) atoms. The van der Waals surface area contributed by atoms with Gasteiger partial charge in [-0.05, 0) is 26.7 Å². The molecule has 0 radical (unpaired) electrons. The zero-order chi connectivity index (χ0) is 13.1. The van der Waals surface area contributed by atoms with Crippen LogP contribution in [0, 0.1) is 6.92 Å². The fourth-order valence-corrected chi connectivity index (χ4v) is 2.94. The van der Waals surface area contributed by atoms with Crippen LogP contribution in [-0.4, -0.2) is 22.6 Å². The van der Waals surface area contributed by atoms with Gasteiger partial charge in [0.1, 0.15) is 16.8 Å². The fourth-order valence-electron chi connectivity index (χ4n) is 2.76. The predicted octanol–water partition coefficient (Wildman–Crippen LogP) is 3.77. The van der Waals surface area contributed by atoms with E-state index in [4.69, 9.17) is 16.6 Å². The first kappa shape index (κ1) is 13.6. The van der Waals surface area contributed by atoms with Gasteiger partial charge in [-0.3, -0.25) is 0 Å². The van der Waals surface area contributed by atoms with Crippen LogP contribution in [0.3, 0.4) is 0 Å². The van der Waals surface area contributed by atoms with Gasteiger partial charge in [-0.2, -0.15) is 0 Å². The zero-order valence-corrected chi connectivity index (χ0v) is 12.3. The number of halogens is 1. The lowest BCUT2D eigenvalue weighted by Crippen LogP contribution is -2.34. The topological polar surface area (TPSA) is 29.0 Å². The van der Waals surface area contributed by atoms with E-state index in [1.807, 2.05) is 6.92 Å². The number of aromatic nitrogens is 2. The normalized spacial score (nSPS) is 16.2. The van der Waals surface area contributed by atoms with Gasteiger partial charge in [-0.15, -0.1) is 0 Å². The molecule has 0 unspecified atom stereocenters. The number of aryl methyl sites for hydroxylation is 1. The van der Waals surface area contributed by atoms with E-state index in [1.54, 1.807) is 0 Å². The lowest BCUT2D eigenvalue weighted by molar-refractivity contribution is 0.609. The molecule has 1 aromatic heterocycles. The average molecular weight is 268 g/mol. The van der Waals surface area contributed by atoms with Gasteiger partial charge in [0.15, 0.2) is 0 Å². The van der Waals surface area contributed by atoms with Crippen LogP contribution in [0.1, 0.15) is 50.9 Å². The van der Waals surface area contributed by atoms with Crippen molar-refractivity contribution in [2.45, 2.75) is 58.9 Å². The van der Waals surface area contributed by atoms with Crippen molar-refractivity contribution in [2.24, 2.45) is 0 Å². The number of nitrogens with zero attached hydrogens (tertiary/aromatic N) is 3. The standard InChI is InChI=1S/C14H22ClN3/c1-4-12-16-13(15)10(3)14(17-12)18(5-2)11-8-6-7-9-11/h11H,4-9H2,1-3H3. The lowest BCUT2D eigenvalue weighted by Gasteiger charge is -2.30. The molecule has 0 aromatic carbocycles. The molecule has 1 aliphatic carbocycles. The molecule has 4 heteroatoms. The maximum atomic E-state index is 6.23. The van der Waals surface area contributed by atoms with E-state index in [9.17, 15) is 0 Å². The van der Waals surface area contributed by atoms with Gasteiger partial charge in [-0.1, -0.05) is 31.4 Å². The van der Waals surface area contributed by atoms with Crippen molar-refractivity contribution in [3.05, 3.63) is 16.5 Å². The Bertz CT molecular complexity index is 414. The van der Waals surface area contributed by atoms with Gasteiger partial charge in [-0.25, -0.2) is 9.97 Å². The second-order valence-electron chi connectivity index (χ2n) is 4.96. The quantitative estimate of drug-likeness (QED) is 0.778. The molecule has 0 spiro atoms. The molecule has 1 heterocycles. The molecule has 0 aliphatic heterocycles. The van der Waals surface area contributed by atoms with Crippen molar-refractivity contribution in [1.29, 1.82) is 0 Å². The van der Waals surface area contributed by atoms with Gasteiger partial charge in [0.2, 0.25) is 0 Å². The average Bonchev–Trinajstić information content (AvgIpc) is 2.89. The molecule has 3 nitrogen and oxygen atoms in total. The van der Waals surface area contributed by atoms with Gasteiger partial charge in [0.05, 0.1) is 0 Å². The second-order valence-corrected chi connectivity index (χ2v) is 5.32. The third-order valence-electron chi connectivity index (χ3n) is 3.80. The fraction of sp³-hybridized carbons (Fsp3) is 0.714. The molecular weight excluding hydrogens is 246 g/mol. The number of rotatable bonds is 4. The molecule has 0 N–H and O–H groups in total. The Labute approximate surface area is 115 Å². The predicted molar refractivity (Wildman–Crippen MR) is 76.4 cm³/mol. The Morgan fingerprint density at radius 1 is 1.22 bits per heavy atom. The highest BCUT2D eigenvalue weighted by Gasteiger charge is 2.24. The van der Waals surface area contributed by atoms with E-state index >= 15 is 0 Å². The van der Waals surface area contributed by atoms with Gasteiger partial charge in [0.25, 0.3) is 0 Å². The number of anilines is 1. The van der Waals surface area contributed by atoms with Gasteiger partial charge >= 0.3 is 0 Å². The van der Waals surface area contributed by atoms with Crippen molar-refractivity contribution >= 4 is 17.4 Å². The molecule has 100 valence electrons. The minimum atomic E-state index is 0.605. The van der Waals surface area contributed by atoms with Crippen molar-refractivity contribution in [3.63, 3.8) is 0 Å². The van der Waals surface area contributed by atoms with Gasteiger partial charge in [0, 0.05) is 24.6 Å². The summed E-state index contributed by atoms with van der Waals surface area (Å²) in [5.74, 6) is 1.89. The summed E-state index contributed by atoms with van der Waals surface area (Å²) in [5.41, 5.74) is 1.02. The molecule has 0 atom stereocenters. The summed E-state index contributed by atoms with van der Waals surface area (Å²) in [6.07, 6.45) is 6.04. The van der Waals surface area contributed by atoms with Crippen LogP contribution in [-0.2, 0) is 6.42 Å². The van der Waals surface area contributed by atoms with Crippen LogP contribution >= 0.6 is 11.6 Å². The Kier molecular flexibility index (Phi) is 4.44. The lowest BCUT2D eigenvalue weighted by atomic mass is 10.2. The molecule has 1 aromatic rings. The van der Waals surface area contributed by atoms with Crippen molar-refractivity contribution < 1.29 is 0 Å². The summed E-state index contributed by atoms with van der Waals surface area (Å²) < 4.78 is 0. The van der Waals surface area contributed by atoms with E-state index in [1.165, 1.54) is 25.7 Å².